The molecule has 3 nitrogen and oxygen atoms in total. The summed E-state index contributed by atoms with van der Waals surface area (Å²) in [6.45, 7) is 0. The Kier molecular flexibility index (Phi) is 7.31. The number of carbonyl (C=O) groups excluding carboxylic acids is 1. The average molecular weight is 468 g/mol. The van der Waals surface area contributed by atoms with Crippen LogP contribution in [0.5, 0.6) is 0 Å². The summed E-state index contributed by atoms with van der Waals surface area (Å²) in [4.78, 5) is 13.3. The Morgan fingerprint density at radius 1 is 0.759 bits per heavy atom. The lowest BCUT2D eigenvalue weighted by Crippen LogP contribution is -2.50. The van der Waals surface area contributed by atoms with E-state index in [9.17, 15) is 4.79 Å². The molecular weight excluding hydrogens is 450 g/mol. The SMILES string of the molecule is O=C(N[C@H](Nc1ccc(Cl)cc1)C(Cl)(Cl)Cl)C(c1ccccc1)c1ccccc1. The summed E-state index contributed by atoms with van der Waals surface area (Å²) < 4.78 is -1.78. The Morgan fingerprint density at radius 3 is 1.69 bits per heavy atom. The number of alkyl halides is 3. The van der Waals surface area contributed by atoms with Gasteiger partial charge in [0, 0.05) is 10.7 Å². The first kappa shape index (κ1) is 21.8. The highest BCUT2D eigenvalue weighted by atomic mass is 35.6. The van der Waals surface area contributed by atoms with Gasteiger partial charge in [-0.3, -0.25) is 4.79 Å². The zero-order chi connectivity index (χ0) is 20.9. The van der Waals surface area contributed by atoms with Crippen molar-refractivity contribution in [2.24, 2.45) is 0 Å². The second-order valence-electron chi connectivity index (χ2n) is 6.39. The molecule has 2 N–H and O–H groups in total. The molecule has 0 fully saturated rings. The zero-order valence-electron chi connectivity index (χ0n) is 15.2. The van der Waals surface area contributed by atoms with Gasteiger partial charge in [0.25, 0.3) is 0 Å². The maximum Gasteiger partial charge on any atom is 0.233 e. The van der Waals surface area contributed by atoms with Gasteiger partial charge in [-0.25, -0.2) is 0 Å². The molecule has 0 spiro atoms. The summed E-state index contributed by atoms with van der Waals surface area (Å²) in [6, 6.07) is 25.8. The van der Waals surface area contributed by atoms with E-state index in [4.69, 9.17) is 46.4 Å². The second kappa shape index (κ2) is 9.73. The number of nitrogens with one attached hydrogen (secondary N) is 2. The van der Waals surface area contributed by atoms with Gasteiger partial charge in [-0.1, -0.05) is 107 Å². The van der Waals surface area contributed by atoms with Crippen molar-refractivity contribution in [1.82, 2.24) is 5.32 Å². The van der Waals surface area contributed by atoms with Gasteiger partial charge < -0.3 is 10.6 Å². The number of halogens is 4. The molecule has 0 saturated carbocycles. The number of carbonyl (C=O) groups is 1. The largest absolute Gasteiger partial charge is 0.362 e. The lowest BCUT2D eigenvalue weighted by atomic mass is 9.90. The molecule has 0 saturated heterocycles. The van der Waals surface area contributed by atoms with Crippen molar-refractivity contribution in [1.29, 1.82) is 0 Å². The molecule has 0 aromatic heterocycles. The second-order valence-corrected chi connectivity index (χ2v) is 9.19. The van der Waals surface area contributed by atoms with Gasteiger partial charge in [-0.2, -0.15) is 0 Å². The van der Waals surface area contributed by atoms with Gasteiger partial charge in [0.2, 0.25) is 9.70 Å². The molecule has 0 aliphatic carbocycles. The molecule has 1 amide bonds. The monoisotopic (exact) mass is 466 g/mol. The van der Waals surface area contributed by atoms with Crippen LogP contribution < -0.4 is 10.6 Å². The first-order valence-electron chi connectivity index (χ1n) is 8.83. The molecule has 0 aliphatic heterocycles. The van der Waals surface area contributed by atoms with Crippen molar-refractivity contribution in [2.45, 2.75) is 15.9 Å². The molecule has 0 unspecified atom stereocenters. The fourth-order valence-electron chi connectivity index (χ4n) is 2.92. The fourth-order valence-corrected chi connectivity index (χ4v) is 3.38. The Labute approximate surface area is 189 Å². The van der Waals surface area contributed by atoms with Crippen LogP contribution >= 0.6 is 46.4 Å². The molecule has 150 valence electrons. The fraction of sp³-hybridized carbons (Fsp3) is 0.136. The minimum atomic E-state index is -1.78. The summed E-state index contributed by atoms with van der Waals surface area (Å²) in [5.41, 5.74) is 2.33. The molecule has 0 radical (unpaired) electrons. The average Bonchev–Trinajstić information content (AvgIpc) is 2.70. The molecule has 1 atom stereocenters. The topological polar surface area (TPSA) is 41.1 Å². The smallest absolute Gasteiger partial charge is 0.233 e. The van der Waals surface area contributed by atoms with Crippen molar-refractivity contribution >= 4 is 58.0 Å². The van der Waals surface area contributed by atoms with Gasteiger partial charge in [0.15, 0.2) is 0 Å². The van der Waals surface area contributed by atoms with Gasteiger partial charge in [0.1, 0.15) is 6.17 Å². The summed E-state index contributed by atoms with van der Waals surface area (Å²) in [5.74, 6) is -0.848. The van der Waals surface area contributed by atoms with Crippen LogP contribution in [0.1, 0.15) is 17.0 Å². The predicted molar refractivity (Wildman–Crippen MR) is 122 cm³/mol. The molecule has 29 heavy (non-hydrogen) atoms. The third-order valence-corrected chi connectivity index (χ3v) is 5.20. The highest BCUT2D eigenvalue weighted by Gasteiger charge is 2.36. The Bertz CT molecular complexity index is 889. The molecule has 0 heterocycles. The number of amides is 1. The van der Waals surface area contributed by atoms with Gasteiger partial charge in [-0.15, -0.1) is 0 Å². The van der Waals surface area contributed by atoms with E-state index in [1.165, 1.54) is 0 Å². The highest BCUT2D eigenvalue weighted by Crippen LogP contribution is 2.33. The van der Waals surface area contributed by atoms with Crippen LogP contribution in [0.3, 0.4) is 0 Å². The van der Waals surface area contributed by atoms with Crippen molar-refractivity contribution < 1.29 is 4.79 Å². The van der Waals surface area contributed by atoms with Crippen LogP contribution in [0.4, 0.5) is 5.69 Å². The van der Waals surface area contributed by atoms with Crippen LogP contribution in [-0.2, 0) is 4.79 Å². The Morgan fingerprint density at radius 2 is 1.24 bits per heavy atom. The number of hydrogen-bond acceptors (Lipinski definition) is 2. The number of anilines is 1. The normalized spacial score (nSPS) is 12.4. The third-order valence-electron chi connectivity index (χ3n) is 4.30. The highest BCUT2D eigenvalue weighted by molar-refractivity contribution is 6.68. The summed E-state index contributed by atoms with van der Waals surface area (Å²) >= 11 is 24.4. The summed E-state index contributed by atoms with van der Waals surface area (Å²) in [6.07, 6.45) is -0.962. The number of hydrogen-bond donors (Lipinski definition) is 2. The lowest BCUT2D eigenvalue weighted by Gasteiger charge is -2.29. The number of benzene rings is 3. The molecule has 7 heteroatoms. The van der Waals surface area contributed by atoms with Crippen molar-refractivity contribution in [3.63, 3.8) is 0 Å². The minimum absolute atomic E-state index is 0.291. The van der Waals surface area contributed by atoms with Crippen LogP contribution in [0, 0.1) is 0 Å². The molecular formula is C22H18Cl4N2O. The van der Waals surface area contributed by atoms with Crippen LogP contribution in [0.15, 0.2) is 84.9 Å². The van der Waals surface area contributed by atoms with Crippen molar-refractivity contribution in [2.75, 3.05) is 5.32 Å². The summed E-state index contributed by atoms with van der Waals surface area (Å²) in [7, 11) is 0. The van der Waals surface area contributed by atoms with E-state index in [0.29, 0.717) is 10.7 Å². The van der Waals surface area contributed by atoms with Crippen LogP contribution in [0.2, 0.25) is 5.02 Å². The van der Waals surface area contributed by atoms with Gasteiger partial charge in [-0.05, 0) is 35.4 Å². The van der Waals surface area contributed by atoms with E-state index in [0.717, 1.165) is 11.1 Å². The molecule has 3 aromatic rings. The van der Waals surface area contributed by atoms with Crippen molar-refractivity contribution in [3.05, 3.63) is 101 Å². The van der Waals surface area contributed by atoms with E-state index in [1.807, 2.05) is 60.7 Å². The van der Waals surface area contributed by atoms with Crippen molar-refractivity contribution in [3.8, 4) is 0 Å². The zero-order valence-corrected chi connectivity index (χ0v) is 18.2. The van der Waals surface area contributed by atoms with Crippen LogP contribution in [-0.4, -0.2) is 15.9 Å². The van der Waals surface area contributed by atoms with Gasteiger partial charge >= 0.3 is 0 Å². The third kappa shape index (κ3) is 6.03. The maximum atomic E-state index is 13.3. The standard InChI is InChI=1S/C22H18Cl4N2O/c23-17-11-13-18(14-12-17)27-21(22(24,25)26)28-20(29)19(15-7-3-1-4-8-15)16-9-5-2-6-10-16/h1-14,19,21,27H,(H,28,29)/t21-/m0/s1. The minimum Gasteiger partial charge on any atom is -0.362 e. The number of rotatable bonds is 6. The first-order chi connectivity index (χ1) is 13.8. The molecule has 0 bridgehead atoms. The van der Waals surface area contributed by atoms with E-state index in [-0.39, 0.29) is 5.91 Å². The first-order valence-corrected chi connectivity index (χ1v) is 10.3. The van der Waals surface area contributed by atoms with E-state index < -0.39 is 15.9 Å². The van der Waals surface area contributed by atoms with E-state index in [1.54, 1.807) is 24.3 Å². The Hall–Kier alpha value is -1.91. The van der Waals surface area contributed by atoms with Crippen LogP contribution in [0.25, 0.3) is 0 Å². The van der Waals surface area contributed by atoms with E-state index in [2.05, 4.69) is 10.6 Å². The van der Waals surface area contributed by atoms with E-state index >= 15 is 0 Å². The molecule has 3 rings (SSSR count). The van der Waals surface area contributed by atoms with Gasteiger partial charge in [0.05, 0.1) is 5.92 Å². The lowest BCUT2D eigenvalue weighted by molar-refractivity contribution is -0.122. The molecule has 3 aromatic carbocycles. The quantitative estimate of drug-likeness (QED) is 0.325. The Balaban J connectivity index is 1.88. The molecule has 0 aliphatic rings. The maximum absolute atomic E-state index is 13.3. The predicted octanol–water partition coefficient (Wildman–Crippen LogP) is 6.40. The summed E-state index contributed by atoms with van der Waals surface area (Å²) in [5, 5.41) is 6.47.